The summed E-state index contributed by atoms with van der Waals surface area (Å²) >= 11 is 0. The molecule has 0 saturated carbocycles. The molecular formula is C21H28ClN3O2. The Labute approximate surface area is 166 Å². The van der Waals surface area contributed by atoms with E-state index in [1.165, 1.54) is 0 Å². The molecule has 1 unspecified atom stereocenters. The third kappa shape index (κ3) is 5.44. The van der Waals surface area contributed by atoms with Gasteiger partial charge >= 0.3 is 0 Å². The van der Waals surface area contributed by atoms with Crippen LogP contribution in [0.2, 0.25) is 0 Å². The third-order valence-corrected chi connectivity index (χ3v) is 4.86. The molecule has 1 aliphatic heterocycles. The maximum absolute atomic E-state index is 12.8. The number of carbonyl (C=O) groups is 2. The van der Waals surface area contributed by atoms with Crippen molar-refractivity contribution >= 4 is 35.0 Å². The van der Waals surface area contributed by atoms with Gasteiger partial charge in [-0.25, -0.2) is 0 Å². The molecule has 1 saturated heterocycles. The molecule has 1 fully saturated rings. The lowest BCUT2D eigenvalue weighted by Crippen LogP contribution is -2.55. The van der Waals surface area contributed by atoms with Gasteiger partial charge in [-0.15, -0.1) is 12.4 Å². The SMILES string of the molecule is CC(C)C(NC(=O)Cc1ccc2ccccc2c1)C(=O)N1CCNCC1.Cl. The predicted octanol–water partition coefficient (Wildman–Crippen LogP) is 2.38. The first kappa shape index (κ1) is 21.2. The smallest absolute Gasteiger partial charge is 0.245 e. The number of benzene rings is 2. The van der Waals surface area contributed by atoms with Crippen LogP contribution in [0.25, 0.3) is 10.8 Å². The average Bonchev–Trinajstić information content (AvgIpc) is 2.66. The monoisotopic (exact) mass is 389 g/mol. The Morgan fingerprint density at radius 1 is 1.07 bits per heavy atom. The molecule has 5 nitrogen and oxygen atoms in total. The maximum atomic E-state index is 12.8. The number of hydrogen-bond acceptors (Lipinski definition) is 3. The number of halogens is 1. The fraction of sp³-hybridized carbons (Fsp3) is 0.429. The van der Waals surface area contributed by atoms with Gasteiger partial charge in [0, 0.05) is 26.2 Å². The molecule has 2 aromatic rings. The van der Waals surface area contributed by atoms with Crippen LogP contribution in [-0.4, -0.2) is 48.9 Å². The van der Waals surface area contributed by atoms with Crippen LogP contribution in [0, 0.1) is 5.92 Å². The molecule has 0 spiro atoms. The lowest BCUT2D eigenvalue weighted by molar-refractivity contribution is -0.138. The molecule has 0 aromatic heterocycles. The van der Waals surface area contributed by atoms with E-state index in [4.69, 9.17) is 0 Å². The molecule has 2 amide bonds. The topological polar surface area (TPSA) is 61.4 Å². The highest BCUT2D eigenvalue weighted by molar-refractivity contribution is 5.90. The van der Waals surface area contributed by atoms with Gasteiger partial charge in [0.1, 0.15) is 6.04 Å². The highest BCUT2D eigenvalue weighted by Crippen LogP contribution is 2.16. The minimum atomic E-state index is -0.471. The van der Waals surface area contributed by atoms with Crippen LogP contribution < -0.4 is 10.6 Å². The van der Waals surface area contributed by atoms with Crippen LogP contribution in [0.1, 0.15) is 19.4 Å². The predicted molar refractivity (Wildman–Crippen MR) is 111 cm³/mol. The van der Waals surface area contributed by atoms with Crippen molar-refractivity contribution < 1.29 is 9.59 Å². The number of carbonyl (C=O) groups excluding carboxylic acids is 2. The Morgan fingerprint density at radius 3 is 2.41 bits per heavy atom. The Morgan fingerprint density at radius 2 is 1.74 bits per heavy atom. The summed E-state index contributed by atoms with van der Waals surface area (Å²) in [6.07, 6.45) is 0.281. The lowest BCUT2D eigenvalue weighted by atomic mass is 10.0. The minimum Gasteiger partial charge on any atom is -0.344 e. The van der Waals surface area contributed by atoms with Crippen LogP contribution in [0.4, 0.5) is 0 Å². The first-order valence-electron chi connectivity index (χ1n) is 9.31. The van der Waals surface area contributed by atoms with Crippen molar-refractivity contribution in [3.05, 3.63) is 48.0 Å². The molecule has 0 radical (unpaired) electrons. The number of hydrogen-bond donors (Lipinski definition) is 2. The number of nitrogens with zero attached hydrogens (tertiary/aromatic N) is 1. The van der Waals surface area contributed by atoms with E-state index in [0.717, 1.165) is 29.4 Å². The molecule has 1 aliphatic rings. The van der Waals surface area contributed by atoms with Gasteiger partial charge in [0.2, 0.25) is 11.8 Å². The van der Waals surface area contributed by atoms with E-state index in [1.54, 1.807) is 0 Å². The molecule has 0 bridgehead atoms. The number of nitrogens with one attached hydrogen (secondary N) is 2. The summed E-state index contributed by atoms with van der Waals surface area (Å²) in [4.78, 5) is 27.2. The van der Waals surface area contributed by atoms with Crippen LogP contribution in [0.3, 0.4) is 0 Å². The van der Waals surface area contributed by atoms with Gasteiger partial charge in [0.05, 0.1) is 6.42 Å². The zero-order valence-corrected chi connectivity index (χ0v) is 16.7. The zero-order chi connectivity index (χ0) is 18.5. The summed E-state index contributed by atoms with van der Waals surface area (Å²) in [5.74, 6) is -0.0335. The number of amides is 2. The number of rotatable bonds is 5. The third-order valence-electron chi connectivity index (χ3n) is 4.86. The summed E-state index contributed by atoms with van der Waals surface area (Å²) in [5.41, 5.74) is 0.957. The van der Waals surface area contributed by atoms with E-state index in [-0.39, 0.29) is 36.6 Å². The first-order chi connectivity index (χ1) is 12.5. The largest absolute Gasteiger partial charge is 0.344 e. The number of piperazine rings is 1. The van der Waals surface area contributed by atoms with Gasteiger partial charge in [-0.3, -0.25) is 9.59 Å². The summed E-state index contributed by atoms with van der Waals surface area (Å²) < 4.78 is 0. The second-order valence-electron chi connectivity index (χ2n) is 7.22. The van der Waals surface area contributed by atoms with Crippen molar-refractivity contribution in [3.63, 3.8) is 0 Å². The Kier molecular flexibility index (Phi) is 7.63. The molecule has 3 rings (SSSR count). The highest BCUT2D eigenvalue weighted by Gasteiger charge is 2.29. The fourth-order valence-electron chi connectivity index (χ4n) is 3.35. The molecular weight excluding hydrogens is 362 g/mol. The summed E-state index contributed by atoms with van der Waals surface area (Å²) in [5, 5.41) is 8.48. The van der Waals surface area contributed by atoms with Crippen molar-refractivity contribution in [2.45, 2.75) is 26.3 Å². The molecule has 146 valence electrons. The molecule has 2 N–H and O–H groups in total. The van der Waals surface area contributed by atoms with Crippen molar-refractivity contribution in [2.75, 3.05) is 26.2 Å². The van der Waals surface area contributed by atoms with Gasteiger partial charge in [-0.05, 0) is 22.3 Å². The lowest BCUT2D eigenvalue weighted by Gasteiger charge is -2.32. The highest BCUT2D eigenvalue weighted by atomic mass is 35.5. The van der Waals surface area contributed by atoms with E-state index < -0.39 is 6.04 Å². The van der Waals surface area contributed by atoms with Crippen molar-refractivity contribution in [2.24, 2.45) is 5.92 Å². The first-order valence-corrected chi connectivity index (χ1v) is 9.31. The number of fused-ring (bicyclic) bond motifs is 1. The van der Waals surface area contributed by atoms with Crippen LogP contribution in [-0.2, 0) is 16.0 Å². The van der Waals surface area contributed by atoms with E-state index in [9.17, 15) is 9.59 Å². The van der Waals surface area contributed by atoms with E-state index >= 15 is 0 Å². The molecule has 6 heteroatoms. The van der Waals surface area contributed by atoms with Crippen LogP contribution in [0.5, 0.6) is 0 Å². The normalized spacial score (nSPS) is 15.3. The summed E-state index contributed by atoms with van der Waals surface area (Å²) in [7, 11) is 0. The van der Waals surface area contributed by atoms with E-state index in [2.05, 4.69) is 16.7 Å². The Hall–Kier alpha value is -2.11. The van der Waals surface area contributed by atoms with Crippen LogP contribution in [0.15, 0.2) is 42.5 Å². The second kappa shape index (κ2) is 9.72. The molecule has 1 heterocycles. The molecule has 0 aliphatic carbocycles. The van der Waals surface area contributed by atoms with Gasteiger partial charge in [-0.1, -0.05) is 56.3 Å². The average molecular weight is 390 g/mol. The quantitative estimate of drug-likeness (QED) is 0.825. The van der Waals surface area contributed by atoms with Gasteiger partial charge < -0.3 is 15.5 Å². The molecule has 1 atom stereocenters. The van der Waals surface area contributed by atoms with Crippen molar-refractivity contribution in [1.82, 2.24) is 15.5 Å². The zero-order valence-electron chi connectivity index (χ0n) is 15.9. The molecule has 27 heavy (non-hydrogen) atoms. The second-order valence-corrected chi connectivity index (χ2v) is 7.22. The Bertz CT molecular complexity index is 788. The minimum absolute atomic E-state index is 0. The van der Waals surface area contributed by atoms with Gasteiger partial charge in [0.15, 0.2) is 0 Å². The standard InChI is InChI=1S/C21H27N3O2.ClH/c1-15(2)20(21(26)24-11-9-22-10-12-24)23-19(25)14-16-7-8-17-5-3-4-6-18(17)13-16;/h3-8,13,15,20,22H,9-12,14H2,1-2H3,(H,23,25);1H. The Balaban J connectivity index is 0.00000261. The van der Waals surface area contributed by atoms with E-state index in [0.29, 0.717) is 13.1 Å². The fourth-order valence-corrected chi connectivity index (χ4v) is 3.35. The summed E-state index contributed by atoms with van der Waals surface area (Å²) in [6.45, 7) is 6.95. The van der Waals surface area contributed by atoms with E-state index in [1.807, 2.05) is 55.1 Å². The molecule has 2 aromatic carbocycles. The van der Waals surface area contributed by atoms with Crippen LogP contribution >= 0.6 is 12.4 Å². The maximum Gasteiger partial charge on any atom is 0.245 e. The van der Waals surface area contributed by atoms with Gasteiger partial charge in [0.25, 0.3) is 0 Å². The summed E-state index contributed by atoms with van der Waals surface area (Å²) in [6, 6.07) is 13.7. The van der Waals surface area contributed by atoms with Crippen molar-refractivity contribution in [3.8, 4) is 0 Å². The van der Waals surface area contributed by atoms with Gasteiger partial charge in [-0.2, -0.15) is 0 Å². The van der Waals surface area contributed by atoms with Crippen molar-refractivity contribution in [1.29, 1.82) is 0 Å².